The van der Waals surface area contributed by atoms with E-state index in [1.54, 1.807) is 0 Å². The van der Waals surface area contributed by atoms with E-state index in [0.29, 0.717) is 17.4 Å². The van der Waals surface area contributed by atoms with Crippen molar-refractivity contribution in [3.63, 3.8) is 0 Å². The molecule has 0 aromatic rings. The van der Waals surface area contributed by atoms with E-state index in [-0.39, 0.29) is 6.04 Å². The summed E-state index contributed by atoms with van der Waals surface area (Å²) in [5, 5.41) is 71.7. The molecule has 1 atom stereocenters. The van der Waals surface area contributed by atoms with Crippen LogP contribution in [-0.2, 0) is 43.6 Å². The van der Waals surface area contributed by atoms with E-state index < -0.39 is 152 Å². The summed E-state index contributed by atoms with van der Waals surface area (Å²) in [5.74, 6) is -2.63. The first-order valence-electron chi connectivity index (χ1n) is 28.4. The molecule has 0 saturated heterocycles. The molecule has 0 bridgehead atoms. The summed E-state index contributed by atoms with van der Waals surface area (Å²) >= 11 is 0. The third-order valence-corrected chi connectivity index (χ3v) is 19.2. The molecule has 0 aromatic heterocycles. The molecule has 0 aliphatic rings. The minimum Gasteiger partial charge on any atom is -0.748 e. The van der Waals surface area contributed by atoms with E-state index in [1.807, 2.05) is 0 Å². The molecule has 0 fully saturated rings. The fraction of sp³-hybridized carbons (Fsp3) is 1.00. The van der Waals surface area contributed by atoms with Crippen LogP contribution in [-0.4, -0.2) is 222 Å². The van der Waals surface area contributed by atoms with Gasteiger partial charge in [-0.3, -0.25) is 4.55 Å². The van der Waals surface area contributed by atoms with Crippen molar-refractivity contribution >= 4 is 39.2 Å². The molecule has 0 amide bonds. The number of quaternary nitrogens is 1. The largest absolute Gasteiger partial charge is 0.748 e. The second-order valence-corrected chi connectivity index (χ2v) is 29.0. The van der Waals surface area contributed by atoms with Gasteiger partial charge in [0.2, 0.25) is 0 Å². The predicted octanol–water partition coefficient (Wildman–Crippen LogP) is 3.13. The van der Waals surface area contributed by atoms with Crippen LogP contribution in [0.2, 0.25) is 6.04 Å². The molecule has 10 N–H and O–H groups in total. The van der Waals surface area contributed by atoms with Gasteiger partial charge in [0.05, 0.1) is 140 Å². The number of unbranched alkanes of at least 4 members (excludes halogenated alkanes) is 22. The third kappa shape index (κ3) is 38.2. The van der Waals surface area contributed by atoms with Gasteiger partial charge < -0.3 is 73.5 Å². The van der Waals surface area contributed by atoms with Crippen molar-refractivity contribution in [2.75, 3.05) is 123 Å². The summed E-state index contributed by atoms with van der Waals surface area (Å²) < 4.78 is 122. The summed E-state index contributed by atoms with van der Waals surface area (Å²) in [6, 6.07) is -0.0566. The van der Waals surface area contributed by atoms with Gasteiger partial charge in [0, 0.05) is 32.1 Å². The number of rotatable bonds is 57. The number of nitrogens with zero attached hydrogens (tertiary/aromatic N) is 1. The van der Waals surface area contributed by atoms with Gasteiger partial charge in [-0.15, -0.1) is 0 Å². The maximum atomic E-state index is 11.6. The Morgan fingerprint density at radius 3 is 0.921 bits per heavy atom. The summed E-state index contributed by atoms with van der Waals surface area (Å²) in [4.78, 5) is 0. The first kappa shape index (κ1) is 75.4. The van der Waals surface area contributed by atoms with E-state index in [0.717, 1.165) is 58.0 Å². The summed E-state index contributed by atoms with van der Waals surface area (Å²) in [6.45, 7) is -1.91. The highest BCUT2D eigenvalue weighted by Crippen LogP contribution is 2.27. The van der Waals surface area contributed by atoms with Crippen molar-refractivity contribution in [1.29, 1.82) is 0 Å². The highest BCUT2D eigenvalue weighted by Gasteiger charge is 2.48. The van der Waals surface area contributed by atoms with E-state index in [1.165, 1.54) is 109 Å². The fourth-order valence-electron chi connectivity index (χ4n) is 9.01. The molecule has 0 aromatic carbocycles. The molecule has 0 spiro atoms. The molecule has 0 aliphatic carbocycles. The molecule has 26 heteroatoms. The quantitative estimate of drug-likeness (QED) is 0.0181. The Labute approximate surface area is 460 Å². The maximum Gasteiger partial charge on any atom is 0.501 e. The van der Waals surface area contributed by atoms with Gasteiger partial charge in [0.1, 0.15) is 0 Å². The van der Waals surface area contributed by atoms with E-state index >= 15 is 0 Å². The van der Waals surface area contributed by atoms with Gasteiger partial charge in [-0.05, 0) is 25.7 Å². The monoisotopic (exact) mass is 1180 g/mol. The Bertz CT molecular complexity index is 1610. The molecule has 0 aliphatic heterocycles. The lowest BCUT2D eigenvalue weighted by atomic mass is 10.0. The second-order valence-electron chi connectivity index (χ2n) is 21.6. The summed E-state index contributed by atoms with van der Waals surface area (Å²) in [5.41, 5.74) is -5.45. The Kier molecular flexibility index (Phi) is 42.0. The molecular weight excluding hydrogens is 1070 g/mol. The first-order chi connectivity index (χ1) is 35.9. The molecule has 458 valence electrons. The molecule has 76 heavy (non-hydrogen) atoms. The van der Waals surface area contributed by atoms with Crippen LogP contribution >= 0.6 is 0 Å². The lowest BCUT2D eigenvalue weighted by molar-refractivity contribution is -0.910. The van der Waals surface area contributed by atoms with Crippen LogP contribution < -0.4 is 16.0 Å². The highest BCUT2D eigenvalue weighted by molar-refractivity contribution is 7.86. The van der Waals surface area contributed by atoms with Crippen LogP contribution in [0.4, 0.5) is 0 Å². The van der Waals surface area contributed by atoms with Gasteiger partial charge in [-0.2, -0.15) is 8.42 Å². The smallest absolute Gasteiger partial charge is 0.501 e. The summed E-state index contributed by atoms with van der Waals surface area (Å²) in [7, 11) is -16.3. The molecule has 0 saturated carbocycles. The standard InChI is InChI=1S/C50H108N4O18S3Si/c1-4-6-8-10-12-14-15-16-17-18-19-20-21-23-25-27-33-54(3,32-26-24-22-13-11-9-7-5-2)34-28-38-76(70-45-48(39-55,40-56)51-29-35-73(61,62)63,71-46-49(41-57,42-58)52-30-36-74(64,65)66)72-47-50(43-59,44-60)53-31-37-75(67,68)69/h51-53,55-60H,4-47H2,1-3H3,(H2-,61,62,63,64,65,66,67,68,69)/p-1. The SMILES string of the molecule is CCCCCCCCCCCCCCCCCC[N+](C)(CCCCCCCCCC)CCC[Si](OCC(CO)(CO)NCCS(=O)(=O)[O-])(OCC(CO)(CO)NCCS(=O)(=O)[O-])OCC(CO)(CO)NCCS(=O)(=O)O. The Balaban J connectivity index is 6.83. The van der Waals surface area contributed by atoms with Gasteiger partial charge in [-0.25, -0.2) is 16.8 Å². The minimum atomic E-state index is -4.74. The predicted molar refractivity (Wildman–Crippen MR) is 296 cm³/mol. The van der Waals surface area contributed by atoms with Gasteiger partial charge in [0.25, 0.3) is 10.1 Å². The van der Waals surface area contributed by atoms with Crippen molar-refractivity contribution in [1.82, 2.24) is 16.0 Å². The van der Waals surface area contributed by atoms with E-state index in [9.17, 15) is 69.6 Å². The Morgan fingerprint density at radius 1 is 0.421 bits per heavy atom. The van der Waals surface area contributed by atoms with E-state index in [4.69, 9.17) is 13.3 Å². The maximum absolute atomic E-state index is 11.6. The van der Waals surface area contributed by atoms with Crippen LogP contribution in [0.3, 0.4) is 0 Å². The summed E-state index contributed by atoms with van der Waals surface area (Å²) in [6.07, 6.45) is 29.4. The van der Waals surface area contributed by atoms with E-state index in [2.05, 4.69) is 36.8 Å². The zero-order chi connectivity index (χ0) is 57.4. The highest BCUT2D eigenvalue weighted by atomic mass is 32.2. The zero-order valence-electron chi connectivity index (χ0n) is 46.9. The molecule has 22 nitrogen and oxygen atoms in total. The number of aliphatic hydroxyl groups is 6. The number of hydrogen-bond donors (Lipinski definition) is 10. The number of aliphatic hydroxyl groups excluding tert-OH is 6. The van der Waals surface area contributed by atoms with Crippen molar-refractivity contribution in [2.45, 2.75) is 197 Å². The second kappa shape index (κ2) is 42.3. The zero-order valence-corrected chi connectivity index (χ0v) is 50.4. The fourth-order valence-corrected chi connectivity index (χ4v) is 12.8. The first-order valence-corrected chi connectivity index (χ1v) is 35.1. The van der Waals surface area contributed by atoms with Crippen LogP contribution in [0.15, 0.2) is 0 Å². The van der Waals surface area contributed by atoms with Crippen molar-refractivity contribution < 1.29 is 87.3 Å². The topological polar surface area (TPSA) is 354 Å². The average Bonchev–Trinajstić information content (AvgIpc) is 3.36. The van der Waals surface area contributed by atoms with Crippen LogP contribution in [0.5, 0.6) is 0 Å². The average molecular weight is 1180 g/mol. The van der Waals surface area contributed by atoms with Crippen molar-refractivity contribution in [2.24, 2.45) is 0 Å². The van der Waals surface area contributed by atoms with Gasteiger partial charge >= 0.3 is 8.80 Å². The number of hydrogen-bond acceptors (Lipinski definition) is 20. The van der Waals surface area contributed by atoms with Gasteiger partial charge in [0.15, 0.2) is 0 Å². The van der Waals surface area contributed by atoms with Crippen molar-refractivity contribution in [3.8, 4) is 0 Å². The Morgan fingerprint density at radius 2 is 0.671 bits per heavy atom. The van der Waals surface area contributed by atoms with Crippen molar-refractivity contribution in [3.05, 3.63) is 0 Å². The molecule has 1 unspecified atom stereocenters. The third-order valence-electron chi connectivity index (χ3n) is 14.4. The molecule has 0 radical (unpaired) electrons. The van der Waals surface area contributed by atoms with Crippen LogP contribution in [0.25, 0.3) is 0 Å². The minimum absolute atomic E-state index is 0.0566. The normalized spacial score (nSPS) is 14.2. The molecular formula is C50H107N4O18S3Si-. The van der Waals surface area contributed by atoms with Crippen LogP contribution in [0.1, 0.15) is 174 Å². The van der Waals surface area contributed by atoms with Gasteiger partial charge in [-0.1, -0.05) is 142 Å². The van der Waals surface area contributed by atoms with Crippen LogP contribution in [0, 0.1) is 0 Å². The molecule has 0 heterocycles. The lowest BCUT2D eigenvalue weighted by Gasteiger charge is -2.41. The molecule has 0 rings (SSSR count). The Hall–Kier alpha value is -0.573. The number of nitrogens with one attached hydrogen (secondary N) is 3. The lowest BCUT2D eigenvalue weighted by Crippen LogP contribution is -2.64.